The van der Waals surface area contributed by atoms with Crippen LogP contribution >= 0.6 is 0 Å². The van der Waals surface area contributed by atoms with Crippen LogP contribution in [0, 0.1) is 12.3 Å². The van der Waals surface area contributed by atoms with Gasteiger partial charge in [-0.2, -0.15) is 0 Å². The van der Waals surface area contributed by atoms with Crippen molar-refractivity contribution in [1.82, 2.24) is 0 Å². The lowest BCUT2D eigenvalue weighted by Gasteiger charge is -2.13. The van der Waals surface area contributed by atoms with Crippen molar-refractivity contribution in [2.75, 3.05) is 19.0 Å². The van der Waals surface area contributed by atoms with Gasteiger partial charge in [-0.25, -0.2) is 0 Å². The summed E-state index contributed by atoms with van der Waals surface area (Å²) >= 11 is 0. The maximum atomic E-state index is 5.67. The molecule has 0 saturated carbocycles. The predicted molar refractivity (Wildman–Crippen MR) is 56.5 cm³/mol. The highest BCUT2D eigenvalue weighted by molar-refractivity contribution is 5.47. The van der Waals surface area contributed by atoms with Gasteiger partial charge in [0.05, 0.1) is 6.04 Å². The molecule has 68 valence electrons. The summed E-state index contributed by atoms with van der Waals surface area (Å²) in [6.07, 6.45) is 5.22. The Labute approximate surface area is 79.4 Å². The monoisotopic (exact) mass is 174 g/mol. The normalized spacial score (nSPS) is 11.8. The van der Waals surface area contributed by atoms with Crippen LogP contribution < -0.4 is 10.6 Å². The van der Waals surface area contributed by atoms with Crippen LogP contribution in [0.4, 0.5) is 5.69 Å². The van der Waals surface area contributed by atoms with E-state index in [1.165, 1.54) is 0 Å². The minimum absolute atomic E-state index is 0.295. The summed E-state index contributed by atoms with van der Waals surface area (Å²) in [6.45, 7) is 0. The Morgan fingerprint density at radius 2 is 1.85 bits per heavy atom. The van der Waals surface area contributed by atoms with Gasteiger partial charge in [0.1, 0.15) is 0 Å². The summed E-state index contributed by atoms with van der Waals surface area (Å²) in [4.78, 5) is 2.03. The molecule has 13 heavy (non-hydrogen) atoms. The number of benzene rings is 1. The van der Waals surface area contributed by atoms with Gasteiger partial charge in [0.15, 0.2) is 0 Å². The Kier molecular flexibility index (Phi) is 2.94. The van der Waals surface area contributed by atoms with Crippen molar-refractivity contribution in [2.24, 2.45) is 5.73 Å². The van der Waals surface area contributed by atoms with Crippen molar-refractivity contribution in [3.05, 3.63) is 29.8 Å². The summed E-state index contributed by atoms with van der Waals surface area (Å²) in [5.41, 5.74) is 7.80. The van der Waals surface area contributed by atoms with Crippen LogP contribution in [-0.4, -0.2) is 14.1 Å². The topological polar surface area (TPSA) is 29.3 Å². The Bertz CT molecular complexity index is 306. The lowest BCUT2D eigenvalue weighted by molar-refractivity contribution is 0.945. The molecule has 0 aromatic heterocycles. The molecule has 0 amide bonds. The molecule has 1 atom stereocenters. The van der Waals surface area contributed by atoms with E-state index in [2.05, 4.69) is 5.92 Å². The van der Waals surface area contributed by atoms with Crippen molar-refractivity contribution in [3.63, 3.8) is 0 Å². The Balaban J connectivity index is 2.89. The first kappa shape index (κ1) is 9.63. The van der Waals surface area contributed by atoms with E-state index in [0.29, 0.717) is 0 Å². The highest BCUT2D eigenvalue weighted by atomic mass is 15.1. The van der Waals surface area contributed by atoms with E-state index in [0.717, 1.165) is 11.3 Å². The highest BCUT2D eigenvalue weighted by Gasteiger charge is 2.01. The standard InChI is InChI=1S/C11H14N2/c1-4-11(12)9-5-7-10(8-6-9)13(2)3/h1,5-8,11H,12H2,2-3H3. The summed E-state index contributed by atoms with van der Waals surface area (Å²) in [5, 5.41) is 0. The molecule has 0 spiro atoms. The highest BCUT2D eigenvalue weighted by Crippen LogP contribution is 2.15. The Morgan fingerprint density at radius 3 is 2.23 bits per heavy atom. The maximum Gasteiger partial charge on any atom is 0.0918 e. The van der Waals surface area contributed by atoms with E-state index in [1.807, 2.05) is 43.3 Å². The predicted octanol–water partition coefficient (Wildman–Crippen LogP) is 1.39. The first-order valence-electron chi connectivity index (χ1n) is 4.14. The average Bonchev–Trinajstić information content (AvgIpc) is 2.17. The van der Waals surface area contributed by atoms with Crippen molar-refractivity contribution in [3.8, 4) is 12.3 Å². The van der Waals surface area contributed by atoms with Gasteiger partial charge >= 0.3 is 0 Å². The molecule has 2 heteroatoms. The Hall–Kier alpha value is -1.46. The van der Waals surface area contributed by atoms with Crippen LogP contribution in [0.15, 0.2) is 24.3 Å². The largest absolute Gasteiger partial charge is 0.378 e. The molecule has 1 rings (SSSR count). The molecule has 0 saturated heterocycles. The molecule has 0 radical (unpaired) electrons. The zero-order valence-electron chi connectivity index (χ0n) is 7.99. The van der Waals surface area contributed by atoms with Gasteiger partial charge in [-0.15, -0.1) is 6.42 Å². The van der Waals surface area contributed by atoms with E-state index >= 15 is 0 Å². The number of hydrogen-bond donors (Lipinski definition) is 1. The fourth-order valence-corrected chi connectivity index (χ4v) is 1.08. The number of terminal acetylenes is 1. The van der Waals surface area contributed by atoms with E-state index in [-0.39, 0.29) is 6.04 Å². The second-order valence-electron chi connectivity index (χ2n) is 3.13. The smallest absolute Gasteiger partial charge is 0.0918 e. The quantitative estimate of drug-likeness (QED) is 0.686. The van der Waals surface area contributed by atoms with Gasteiger partial charge in [0.25, 0.3) is 0 Å². The van der Waals surface area contributed by atoms with Crippen molar-refractivity contribution in [1.29, 1.82) is 0 Å². The van der Waals surface area contributed by atoms with Gasteiger partial charge in [-0.05, 0) is 17.7 Å². The number of nitrogens with two attached hydrogens (primary N) is 1. The molecule has 0 fully saturated rings. The lowest BCUT2D eigenvalue weighted by atomic mass is 10.1. The molecule has 0 aliphatic carbocycles. The zero-order valence-corrected chi connectivity index (χ0v) is 7.99. The van der Waals surface area contributed by atoms with Gasteiger partial charge in [-0.1, -0.05) is 18.1 Å². The molecule has 0 heterocycles. The third-order valence-corrected chi connectivity index (χ3v) is 1.95. The molecular weight excluding hydrogens is 160 g/mol. The van der Waals surface area contributed by atoms with Crippen LogP contribution in [0.25, 0.3) is 0 Å². The van der Waals surface area contributed by atoms with Crippen LogP contribution in [-0.2, 0) is 0 Å². The molecular formula is C11H14N2. The minimum Gasteiger partial charge on any atom is -0.378 e. The number of rotatable bonds is 2. The first-order chi connectivity index (χ1) is 6.15. The molecule has 2 N–H and O–H groups in total. The molecule has 2 nitrogen and oxygen atoms in total. The van der Waals surface area contributed by atoms with Crippen LogP contribution in [0.2, 0.25) is 0 Å². The lowest BCUT2D eigenvalue weighted by Crippen LogP contribution is -2.10. The maximum absolute atomic E-state index is 5.67. The van der Waals surface area contributed by atoms with Crippen molar-refractivity contribution < 1.29 is 0 Å². The number of hydrogen-bond acceptors (Lipinski definition) is 2. The fourth-order valence-electron chi connectivity index (χ4n) is 1.08. The van der Waals surface area contributed by atoms with Crippen LogP contribution in [0.5, 0.6) is 0 Å². The van der Waals surface area contributed by atoms with Crippen molar-refractivity contribution in [2.45, 2.75) is 6.04 Å². The molecule has 1 unspecified atom stereocenters. The molecule has 0 aliphatic heterocycles. The number of anilines is 1. The number of nitrogens with zero attached hydrogens (tertiary/aromatic N) is 1. The second-order valence-corrected chi connectivity index (χ2v) is 3.13. The Morgan fingerprint density at radius 1 is 1.31 bits per heavy atom. The molecule has 0 bridgehead atoms. The third-order valence-electron chi connectivity index (χ3n) is 1.95. The van der Waals surface area contributed by atoms with Crippen LogP contribution in [0.1, 0.15) is 11.6 Å². The van der Waals surface area contributed by atoms with Gasteiger partial charge in [-0.3, -0.25) is 0 Å². The average molecular weight is 174 g/mol. The van der Waals surface area contributed by atoms with E-state index < -0.39 is 0 Å². The van der Waals surface area contributed by atoms with Crippen LogP contribution in [0.3, 0.4) is 0 Å². The molecule has 1 aromatic rings. The summed E-state index contributed by atoms with van der Waals surface area (Å²) in [7, 11) is 3.99. The van der Waals surface area contributed by atoms with Gasteiger partial charge < -0.3 is 10.6 Å². The second kappa shape index (κ2) is 3.97. The van der Waals surface area contributed by atoms with E-state index in [1.54, 1.807) is 0 Å². The summed E-state index contributed by atoms with van der Waals surface area (Å²) in [6, 6.07) is 7.63. The van der Waals surface area contributed by atoms with E-state index in [4.69, 9.17) is 12.2 Å². The van der Waals surface area contributed by atoms with Crippen molar-refractivity contribution >= 4 is 5.69 Å². The minimum atomic E-state index is -0.295. The van der Waals surface area contributed by atoms with E-state index in [9.17, 15) is 0 Å². The first-order valence-corrected chi connectivity index (χ1v) is 4.14. The van der Waals surface area contributed by atoms with Gasteiger partial charge in [0, 0.05) is 19.8 Å². The SMILES string of the molecule is C#CC(N)c1ccc(N(C)C)cc1. The zero-order chi connectivity index (χ0) is 9.84. The molecule has 1 aromatic carbocycles. The summed E-state index contributed by atoms with van der Waals surface area (Å²) < 4.78 is 0. The summed E-state index contributed by atoms with van der Waals surface area (Å²) in [5.74, 6) is 2.49. The third kappa shape index (κ3) is 2.24. The fraction of sp³-hybridized carbons (Fsp3) is 0.273. The van der Waals surface area contributed by atoms with Gasteiger partial charge in [0.2, 0.25) is 0 Å². The molecule has 0 aliphatic rings.